The Morgan fingerprint density at radius 1 is 1.46 bits per heavy atom. The molecule has 0 N–H and O–H groups in total. The second-order valence-corrected chi connectivity index (χ2v) is 4.68. The summed E-state index contributed by atoms with van der Waals surface area (Å²) in [6, 6.07) is 3.48. The van der Waals surface area contributed by atoms with E-state index in [1.807, 2.05) is 5.38 Å². The third-order valence-corrected chi connectivity index (χ3v) is 4.16. The number of halogens is 2. The molecular formula is C9H4BrClOS. The number of fused-ring (bicyclic) bond motifs is 1. The fraction of sp³-hybridized carbons (Fsp3) is 0. The van der Waals surface area contributed by atoms with Gasteiger partial charge >= 0.3 is 0 Å². The van der Waals surface area contributed by atoms with Crippen molar-refractivity contribution in [3.63, 3.8) is 0 Å². The van der Waals surface area contributed by atoms with Crippen LogP contribution in [0.25, 0.3) is 10.1 Å². The van der Waals surface area contributed by atoms with E-state index in [0.717, 1.165) is 20.8 Å². The van der Waals surface area contributed by atoms with Crippen LogP contribution in [0.4, 0.5) is 0 Å². The maximum atomic E-state index is 10.7. The molecule has 0 atom stereocenters. The number of carbonyl (C=O) groups excluding carboxylic acids is 1. The van der Waals surface area contributed by atoms with Crippen LogP contribution >= 0.6 is 38.9 Å². The van der Waals surface area contributed by atoms with Crippen molar-refractivity contribution in [2.75, 3.05) is 0 Å². The molecule has 4 heteroatoms. The zero-order valence-corrected chi connectivity index (χ0v) is 9.54. The zero-order chi connectivity index (χ0) is 9.42. The summed E-state index contributed by atoms with van der Waals surface area (Å²) in [4.78, 5) is 10.7. The Bertz CT molecular complexity index is 478. The van der Waals surface area contributed by atoms with E-state index in [2.05, 4.69) is 15.9 Å². The van der Waals surface area contributed by atoms with Crippen molar-refractivity contribution in [1.29, 1.82) is 0 Å². The number of carbonyl (C=O) groups is 1. The molecule has 0 saturated carbocycles. The average molecular weight is 276 g/mol. The molecule has 1 heterocycles. The van der Waals surface area contributed by atoms with Gasteiger partial charge in [0.1, 0.15) is 0 Å². The lowest BCUT2D eigenvalue weighted by molar-refractivity contribution is 0.112. The molecule has 0 saturated heterocycles. The summed E-state index contributed by atoms with van der Waals surface area (Å²) in [5.74, 6) is 0. The standard InChI is InChI=1S/C9H4BrClOS/c10-6-4-13-9-7(11)2-1-5(3-12)8(6)9/h1-4H. The first kappa shape index (κ1) is 9.19. The SMILES string of the molecule is O=Cc1ccc(Cl)c2scc(Br)c12. The molecule has 0 spiro atoms. The highest BCUT2D eigenvalue weighted by Crippen LogP contribution is 2.36. The van der Waals surface area contributed by atoms with Crippen molar-refractivity contribution in [3.05, 3.63) is 32.6 Å². The van der Waals surface area contributed by atoms with Crippen molar-refractivity contribution in [1.82, 2.24) is 0 Å². The fourth-order valence-electron chi connectivity index (χ4n) is 1.20. The predicted molar refractivity (Wildman–Crippen MR) is 59.9 cm³/mol. The van der Waals surface area contributed by atoms with Crippen LogP contribution in [-0.2, 0) is 0 Å². The van der Waals surface area contributed by atoms with E-state index in [1.54, 1.807) is 12.1 Å². The molecule has 13 heavy (non-hydrogen) atoms. The molecule has 0 aliphatic rings. The quantitative estimate of drug-likeness (QED) is 0.715. The van der Waals surface area contributed by atoms with Crippen molar-refractivity contribution >= 4 is 55.2 Å². The third-order valence-electron chi connectivity index (χ3n) is 1.79. The molecule has 0 bridgehead atoms. The minimum atomic E-state index is 0.674. The molecule has 2 aromatic rings. The van der Waals surface area contributed by atoms with Gasteiger partial charge in [0.2, 0.25) is 0 Å². The molecule has 2 rings (SSSR count). The van der Waals surface area contributed by atoms with E-state index in [9.17, 15) is 4.79 Å². The summed E-state index contributed by atoms with van der Waals surface area (Å²) in [6.45, 7) is 0. The lowest BCUT2D eigenvalue weighted by Crippen LogP contribution is -1.80. The number of hydrogen-bond acceptors (Lipinski definition) is 2. The van der Waals surface area contributed by atoms with Crippen molar-refractivity contribution in [2.24, 2.45) is 0 Å². The minimum Gasteiger partial charge on any atom is -0.298 e. The van der Waals surface area contributed by atoms with Crippen molar-refractivity contribution in [2.45, 2.75) is 0 Å². The van der Waals surface area contributed by atoms with Gasteiger partial charge in [0.15, 0.2) is 6.29 Å². The molecule has 0 aliphatic heterocycles. The number of rotatable bonds is 1. The highest BCUT2D eigenvalue weighted by molar-refractivity contribution is 9.10. The lowest BCUT2D eigenvalue weighted by atomic mass is 10.1. The van der Waals surface area contributed by atoms with Gasteiger partial charge in [-0.2, -0.15) is 0 Å². The Hall–Kier alpha value is -0.380. The lowest BCUT2D eigenvalue weighted by Gasteiger charge is -1.97. The molecular weight excluding hydrogens is 272 g/mol. The monoisotopic (exact) mass is 274 g/mol. The Labute approximate surface area is 92.5 Å². The van der Waals surface area contributed by atoms with Gasteiger partial charge in [0.25, 0.3) is 0 Å². The van der Waals surface area contributed by atoms with Crippen LogP contribution in [0.2, 0.25) is 5.02 Å². The van der Waals surface area contributed by atoms with Gasteiger partial charge in [-0.3, -0.25) is 4.79 Å². The van der Waals surface area contributed by atoms with E-state index < -0.39 is 0 Å². The van der Waals surface area contributed by atoms with Gasteiger partial charge in [0, 0.05) is 20.8 Å². The molecule has 1 aromatic heterocycles. The topological polar surface area (TPSA) is 17.1 Å². The minimum absolute atomic E-state index is 0.674. The van der Waals surface area contributed by atoms with E-state index in [4.69, 9.17) is 11.6 Å². The molecule has 0 unspecified atom stereocenters. The highest BCUT2D eigenvalue weighted by Gasteiger charge is 2.09. The van der Waals surface area contributed by atoms with Gasteiger partial charge in [-0.25, -0.2) is 0 Å². The van der Waals surface area contributed by atoms with E-state index >= 15 is 0 Å². The summed E-state index contributed by atoms with van der Waals surface area (Å²) in [5, 5.41) is 3.53. The maximum Gasteiger partial charge on any atom is 0.150 e. The number of aldehydes is 1. The first-order valence-corrected chi connectivity index (χ1v) is 5.59. The van der Waals surface area contributed by atoms with Gasteiger partial charge < -0.3 is 0 Å². The molecule has 1 aromatic carbocycles. The third kappa shape index (κ3) is 1.41. The number of hydrogen-bond donors (Lipinski definition) is 0. The first-order valence-electron chi connectivity index (χ1n) is 3.54. The molecule has 66 valence electrons. The van der Waals surface area contributed by atoms with Crippen LogP contribution in [0.15, 0.2) is 22.0 Å². The summed E-state index contributed by atoms with van der Waals surface area (Å²) >= 11 is 10.9. The van der Waals surface area contributed by atoms with Crippen LogP contribution in [-0.4, -0.2) is 6.29 Å². The molecule has 0 amide bonds. The van der Waals surface area contributed by atoms with Gasteiger partial charge in [-0.05, 0) is 28.1 Å². The molecule has 0 fully saturated rings. The highest BCUT2D eigenvalue weighted by atomic mass is 79.9. The largest absolute Gasteiger partial charge is 0.298 e. The number of thiophene rings is 1. The van der Waals surface area contributed by atoms with E-state index in [1.165, 1.54) is 11.3 Å². The van der Waals surface area contributed by atoms with Crippen LogP contribution < -0.4 is 0 Å². The van der Waals surface area contributed by atoms with Crippen LogP contribution in [0.3, 0.4) is 0 Å². The van der Waals surface area contributed by atoms with Gasteiger partial charge in [-0.15, -0.1) is 11.3 Å². The summed E-state index contributed by atoms with van der Waals surface area (Å²) < 4.78 is 1.88. The van der Waals surface area contributed by atoms with Gasteiger partial charge in [-0.1, -0.05) is 11.6 Å². The van der Waals surface area contributed by atoms with Crippen molar-refractivity contribution in [3.8, 4) is 0 Å². The molecule has 1 nitrogen and oxygen atoms in total. The Morgan fingerprint density at radius 3 is 2.92 bits per heavy atom. The molecule has 0 aliphatic carbocycles. The Morgan fingerprint density at radius 2 is 2.23 bits per heavy atom. The Kier molecular flexibility index (Phi) is 2.41. The summed E-state index contributed by atoms with van der Waals surface area (Å²) in [7, 11) is 0. The van der Waals surface area contributed by atoms with Gasteiger partial charge in [0.05, 0.1) is 9.72 Å². The second-order valence-electron chi connectivity index (χ2n) is 2.54. The van der Waals surface area contributed by atoms with Crippen molar-refractivity contribution < 1.29 is 4.79 Å². The van der Waals surface area contributed by atoms with Crippen LogP contribution in [0.1, 0.15) is 10.4 Å². The number of benzene rings is 1. The van der Waals surface area contributed by atoms with E-state index in [-0.39, 0.29) is 0 Å². The summed E-state index contributed by atoms with van der Waals surface area (Å²) in [5.41, 5.74) is 0.674. The molecule has 0 radical (unpaired) electrons. The summed E-state index contributed by atoms with van der Waals surface area (Å²) in [6.07, 6.45) is 0.843. The first-order chi connectivity index (χ1) is 6.24. The fourth-order valence-corrected chi connectivity index (χ4v) is 3.20. The smallest absolute Gasteiger partial charge is 0.150 e. The normalized spacial score (nSPS) is 10.6. The predicted octanol–water partition coefficient (Wildman–Crippen LogP) is 4.13. The van der Waals surface area contributed by atoms with Crippen LogP contribution in [0, 0.1) is 0 Å². The zero-order valence-electron chi connectivity index (χ0n) is 6.38. The average Bonchev–Trinajstić information content (AvgIpc) is 2.51. The second kappa shape index (κ2) is 3.40. The Balaban J connectivity index is 2.96. The van der Waals surface area contributed by atoms with Crippen LogP contribution in [0.5, 0.6) is 0 Å². The van der Waals surface area contributed by atoms with E-state index in [0.29, 0.717) is 10.6 Å². The maximum absolute atomic E-state index is 10.7.